The number of hydrogen-bond donors (Lipinski definition) is 1. The SMILES string of the molecule is CCCC1CN(C(=O)Nc2ccnnc2C)CCO1. The molecular weight excluding hydrogens is 244 g/mol. The van der Waals surface area contributed by atoms with Gasteiger partial charge in [0, 0.05) is 13.1 Å². The second-order valence-corrected chi connectivity index (χ2v) is 4.69. The number of morpholine rings is 1. The molecule has 1 saturated heterocycles. The summed E-state index contributed by atoms with van der Waals surface area (Å²) in [4.78, 5) is 14.0. The van der Waals surface area contributed by atoms with Crippen molar-refractivity contribution in [2.45, 2.75) is 32.8 Å². The van der Waals surface area contributed by atoms with Crippen molar-refractivity contribution in [1.29, 1.82) is 0 Å². The molecule has 1 aromatic heterocycles. The van der Waals surface area contributed by atoms with E-state index in [9.17, 15) is 4.79 Å². The van der Waals surface area contributed by atoms with Crippen LogP contribution in [0.2, 0.25) is 0 Å². The van der Waals surface area contributed by atoms with Crippen LogP contribution in [-0.2, 0) is 4.74 Å². The summed E-state index contributed by atoms with van der Waals surface area (Å²) in [5, 5.41) is 10.6. The van der Waals surface area contributed by atoms with Crippen LogP contribution in [0.4, 0.5) is 10.5 Å². The normalized spacial score (nSPS) is 19.3. The largest absolute Gasteiger partial charge is 0.375 e. The number of aromatic nitrogens is 2. The summed E-state index contributed by atoms with van der Waals surface area (Å²) in [6, 6.07) is 1.66. The van der Waals surface area contributed by atoms with Gasteiger partial charge in [-0.25, -0.2) is 4.79 Å². The molecule has 19 heavy (non-hydrogen) atoms. The summed E-state index contributed by atoms with van der Waals surface area (Å²) in [7, 11) is 0. The molecule has 1 unspecified atom stereocenters. The molecule has 1 aliphatic heterocycles. The molecule has 2 heterocycles. The van der Waals surface area contributed by atoms with Crippen molar-refractivity contribution in [3.05, 3.63) is 18.0 Å². The van der Waals surface area contributed by atoms with Gasteiger partial charge in [-0.1, -0.05) is 13.3 Å². The number of hydrogen-bond acceptors (Lipinski definition) is 4. The zero-order chi connectivity index (χ0) is 13.7. The fraction of sp³-hybridized carbons (Fsp3) is 0.615. The molecule has 1 aliphatic rings. The second-order valence-electron chi connectivity index (χ2n) is 4.69. The van der Waals surface area contributed by atoms with E-state index in [4.69, 9.17) is 4.74 Å². The molecule has 6 heteroatoms. The number of nitrogens with zero attached hydrogens (tertiary/aromatic N) is 3. The molecule has 0 spiro atoms. The van der Waals surface area contributed by atoms with Gasteiger partial charge in [0.15, 0.2) is 0 Å². The first kappa shape index (κ1) is 13.7. The first-order valence-corrected chi connectivity index (χ1v) is 6.66. The summed E-state index contributed by atoms with van der Waals surface area (Å²) < 4.78 is 5.63. The third kappa shape index (κ3) is 3.64. The predicted molar refractivity (Wildman–Crippen MR) is 72.0 cm³/mol. The van der Waals surface area contributed by atoms with Gasteiger partial charge in [-0.05, 0) is 19.4 Å². The number of nitrogens with one attached hydrogen (secondary N) is 1. The Balaban J connectivity index is 1.94. The van der Waals surface area contributed by atoms with Crippen LogP contribution in [0.25, 0.3) is 0 Å². The number of anilines is 1. The lowest BCUT2D eigenvalue weighted by atomic mass is 10.2. The van der Waals surface area contributed by atoms with E-state index < -0.39 is 0 Å². The van der Waals surface area contributed by atoms with E-state index in [1.165, 1.54) is 0 Å². The van der Waals surface area contributed by atoms with E-state index in [1.807, 2.05) is 6.92 Å². The predicted octanol–water partition coefficient (Wildman–Crippen LogP) is 1.82. The fourth-order valence-corrected chi connectivity index (χ4v) is 2.13. The van der Waals surface area contributed by atoms with E-state index in [1.54, 1.807) is 17.2 Å². The van der Waals surface area contributed by atoms with Crippen LogP contribution in [0.1, 0.15) is 25.5 Å². The van der Waals surface area contributed by atoms with Gasteiger partial charge in [-0.2, -0.15) is 10.2 Å². The molecule has 1 N–H and O–H groups in total. The highest BCUT2D eigenvalue weighted by Gasteiger charge is 2.23. The Hall–Kier alpha value is -1.69. The van der Waals surface area contributed by atoms with Gasteiger partial charge in [0.05, 0.1) is 30.3 Å². The number of carbonyl (C=O) groups excluding carboxylic acids is 1. The maximum Gasteiger partial charge on any atom is 0.322 e. The highest BCUT2D eigenvalue weighted by Crippen LogP contribution is 2.14. The van der Waals surface area contributed by atoms with E-state index >= 15 is 0 Å². The maximum atomic E-state index is 12.2. The lowest BCUT2D eigenvalue weighted by Gasteiger charge is -2.32. The zero-order valence-corrected chi connectivity index (χ0v) is 11.4. The van der Waals surface area contributed by atoms with Gasteiger partial charge < -0.3 is 15.0 Å². The number of urea groups is 1. The van der Waals surface area contributed by atoms with Crippen LogP contribution < -0.4 is 5.32 Å². The van der Waals surface area contributed by atoms with Gasteiger partial charge in [0.1, 0.15) is 0 Å². The molecule has 2 rings (SSSR count). The Morgan fingerprint density at radius 2 is 2.47 bits per heavy atom. The standard InChI is InChI=1S/C13H20N4O2/c1-3-4-11-9-17(7-8-19-11)13(18)15-12-5-6-14-16-10(12)2/h5-6,11H,3-4,7-9H2,1-2H3,(H,14,15,18). The van der Waals surface area contributed by atoms with Gasteiger partial charge in [0.25, 0.3) is 0 Å². The fourth-order valence-electron chi connectivity index (χ4n) is 2.13. The van der Waals surface area contributed by atoms with Crippen molar-refractivity contribution in [1.82, 2.24) is 15.1 Å². The minimum absolute atomic E-state index is 0.0968. The van der Waals surface area contributed by atoms with Crippen molar-refractivity contribution < 1.29 is 9.53 Å². The van der Waals surface area contributed by atoms with Crippen molar-refractivity contribution in [2.75, 3.05) is 25.0 Å². The summed E-state index contributed by atoms with van der Waals surface area (Å²) in [5.41, 5.74) is 1.42. The lowest BCUT2D eigenvalue weighted by molar-refractivity contribution is -0.0162. The molecule has 104 valence electrons. The number of rotatable bonds is 3. The lowest BCUT2D eigenvalue weighted by Crippen LogP contribution is -2.47. The highest BCUT2D eigenvalue weighted by molar-refractivity contribution is 5.89. The average molecular weight is 264 g/mol. The van der Waals surface area contributed by atoms with Crippen molar-refractivity contribution in [2.24, 2.45) is 0 Å². The summed E-state index contributed by atoms with van der Waals surface area (Å²) in [6.07, 6.45) is 3.77. The van der Waals surface area contributed by atoms with Gasteiger partial charge in [0.2, 0.25) is 0 Å². The Morgan fingerprint density at radius 1 is 1.63 bits per heavy atom. The quantitative estimate of drug-likeness (QED) is 0.904. The van der Waals surface area contributed by atoms with Crippen LogP contribution >= 0.6 is 0 Å². The molecule has 2 amide bonds. The van der Waals surface area contributed by atoms with E-state index in [-0.39, 0.29) is 12.1 Å². The molecule has 0 bridgehead atoms. The molecule has 1 fully saturated rings. The number of carbonyl (C=O) groups is 1. The number of aryl methyl sites for hydroxylation is 1. The minimum atomic E-state index is -0.0968. The van der Waals surface area contributed by atoms with Crippen molar-refractivity contribution in [3.63, 3.8) is 0 Å². The minimum Gasteiger partial charge on any atom is -0.375 e. The maximum absolute atomic E-state index is 12.2. The summed E-state index contributed by atoms with van der Waals surface area (Å²) >= 11 is 0. The molecule has 6 nitrogen and oxygen atoms in total. The van der Waals surface area contributed by atoms with Gasteiger partial charge in [-0.3, -0.25) is 0 Å². The topological polar surface area (TPSA) is 67.4 Å². The molecule has 1 atom stereocenters. The van der Waals surface area contributed by atoms with Gasteiger partial charge in [-0.15, -0.1) is 0 Å². The van der Waals surface area contributed by atoms with E-state index in [2.05, 4.69) is 22.4 Å². The molecule has 0 radical (unpaired) electrons. The van der Waals surface area contributed by atoms with Crippen LogP contribution in [0.5, 0.6) is 0 Å². The summed E-state index contributed by atoms with van der Waals surface area (Å²) in [5.74, 6) is 0. The van der Waals surface area contributed by atoms with Crippen LogP contribution in [0, 0.1) is 6.92 Å². The van der Waals surface area contributed by atoms with Crippen LogP contribution in [-0.4, -0.2) is 46.9 Å². The Morgan fingerprint density at radius 3 is 3.21 bits per heavy atom. The van der Waals surface area contributed by atoms with E-state index in [0.717, 1.165) is 12.8 Å². The number of amides is 2. The van der Waals surface area contributed by atoms with Crippen LogP contribution in [0.3, 0.4) is 0 Å². The van der Waals surface area contributed by atoms with Crippen LogP contribution in [0.15, 0.2) is 12.3 Å². The van der Waals surface area contributed by atoms with Gasteiger partial charge >= 0.3 is 6.03 Å². The highest BCUT2D eigenvalue weighted by atomic mass is 16.5. The first-order chi connectivity index (χ1) is 9.20. The van der Waals surface area contributed by atoms with Crippen molar-refractivity contribution >= 4 is 11.7 Å². The second kappa shape index (κ2) is 6.47. The van der Waals surface area contributed by atoms with E-state index in [0.29, 0.717) is 31.1 Å². The zero-order valence-electron chi connectivity index (χ0n) is 11.4. The number of ether oxygens (including phenoxy) is 1. The third-order valence-electron chi connectivity index (χ3n) is 3.18. The monoisotopic (exact) mass is 264 g/mol. The smallest absolute Gasteiger partial charge is 0.322 e. The molecule has 1 aromatic rings. The molecule has 0 aromatic carbocycles. The third-order valence-corrected chi connectivity index (χ3v) is 3.18. The Kier molecular flexibility index (Phi) is 4.68. The average Bonchev–Trinajstić information content (AvgIpc) is 2.42. The van der Waals surface area contributed by atoms with Crippen molar-refractivity contribution in [3.8, 4) is 0 Å². The first-order valence-electron chi connectivity index (χ1n) is 6.66. The summed E-state index contributed by atoms with van der Waals surface area (Å²) in [6.45, 7) is 5.82. The Bertz CT molecular complexity index is 436. The molecular formula is C13H20N4O2. The molecule has 0 saturated carbocycles. The Labute approximate surface area is 113 Å². The molecule has 0 aliphatic carbocycles.